The van der Waals surface area contributed by atoms with Gasteiger partial charge in [-0.05, 0) is 53.6 Å². The van der Waals surface area contributed by atoms with Gasteiger partial charge in [-0.3, -0.25) is 14.5 Å². The summed E-state index contributed by atoms with van der Waals surface area (Å²) in [4.78, 5) is 21.9. The first kappa shape index (κ1) is 19.8. The highest BCUT2D eigenvalue weighted by atomic mass is 32.1. The van der Waals surface area contributed by atoms with Crippen LogP contribution in [0.5, 0.6) is 0 Å². The highest BCUT2D eigenvalue weighted by molar-refractivity contribution is 7.17. The molecular weight excluding hydrogens is 410 g/mol. The summed E-state index contributed by atoms with van der Waals surface area (Å²) in [7, 11) is 1.89. The summed E-state index contributed by atoms with van der Waals surface area (Å²) >= 11 is 1.64. The average Bonchev–Trinajstić information content (AvgIpc) is 3.54. The predicted molar refractivity (Wildman–Crippen MR) is 120 cm³/mol. The van der Waals surface area contributed by atoms with Crippen LogP contribution in [0.3, 0.4) is 0 Å². The Morgan fingerprint density at radius 2 is 2.23 bits per heavy atom. The van der Waals surface area contributed by atoms with Gasteiger partial charge in [0.15, 0.2) is 0 Å². The molecule has 5 rings (SSSR count). The molecule has 0 unspecified atom stereocenters. The van der Waals surface area contributed by atoms with Crippen molar-refractivity contribution in [3.05, 3.63) is 64.9 Å². The molecule has 1 N–H and O–H groups in total. The summed E-state index contributed by atoms with van der Waals surface area (Å²) in [6.07, 6.45) is 6.61. The SMILES string of the molecule is Cn1ccc(-c2ccc(Cc3cc(C(=O)NC[C@@H]4CCCO4)nc4ccsc34)cn2)n1. The molecule has 0 aromatic carbocycles. The van der Waals surface area contributed by atoms with Gasteiger partial charge in [0.25, 0.3) is 5.91 Å². The van der Waals surface area contributed by atoms with Gasteiger partial charge in [0.2, 0.25) is 0 Å². The van der Waals surface area contributed by atoms with Crippen LogP contribution in [0, 0.1) is 0 Å². The lowest BCUT2D eigenvalue weighted by atomic mass is 10.1. The summed E-state index contributed by atoms with van der Waals surface area (Å²) in [6.45, 7) is 1.30. The lowest BCUT2D eigenvalue weighted by Gasteiger charge is -2.11. The summed E-state index contributed by atoms with van der Waals surface area (Å²) in [5, 5.41) is 9.38. The average molecular weight is 434 g/mol. The number of aromatic nitrogens is 4. The van der Waals surface area contributed by atoms with Crippen LogP contribution in [0.4, 0.5) is 0 Å². The highest BCUT2D eigenvalue weighted by Crippen LogP contribution is 2.27. The van der Waals surface area contributed by atoms with E-state index in [0.29, 0.717) is 18.7 Å². The van der Waals surface area contributed by atoms with Crippen LogP contribution in [-0.2, 0) is 18.2 Å². The fourth-order valence-corrected chi connectivity index (χ4v) is 4.68. The van der Waals surface area contributed by atoms with Crippen molar-refractivity contribution in [2.75, 3.05) is 13.2 Å². The number of carbonyl (C=O) groups excluding carboxylic acids is 1. The molecule has 0 radical (unpaired) electrons. The second-order valence-corrected chi connectivity index (χ2v) is 8.67. The third-order valence-electron chi connectivity index (χ3n) is 5.43. The number of pyridine rings is 2. The Bertz CT molecular complexity index is 1210. The summed E-state index contributed by atoms with van der Waals surface area (Å²) in [5.41, 5.74) is 5.14. The molecule has 8 heteroatoms. The molecule has 1 aliphatic rings. The molecule has 5 heterocycles. The Labute approximate surface area is 184 Å². The topological polar surface area (TPSA) is 81.9 Å². The number of hydrogen-bond donors (Lipinski definition) is 1. The molecule has 31 heavy (non-hydrogen) atoms. The zero-order chi connectivity index (χ0) is 21.2. The van der Waals surface area contributed by atoms with E-state index in [0.717, 1.165) is 52.2 Å². The molecule has 0 spiro atoms. The number of fused-ring (bicyclic) bond motifs is 1. The molecule has 1 amide bonds. The molecule has 0 saturated carbocycles. The first-order valence-corrected chi connectivity index (χ1v) is 11.3. The summed E-state index contributed by atoms with van der Waals surface area (Å²) in [6, 6.07) is 9.86. The number of aryl methyl sites for hydroxylation is 1. The van der Waals surface area contributed by atoms with Gasteiger partial charge in [-0.25, -0.2) is 4.98 Å². The molecule has 7 nitrogen and oxygen atoms in total. The third kappa shape index (κ3) is 4.35. The monoisotopic (exact) mass is 433 g/mol. The Morgan fingerprint density at radius 3 is 2.97 bits per heavy atom. The van der Waals surface area contributed by atoms with Crippen molar-refractivity contribution in [1.29, 1.82) is 0 Å². The van der Waals surface area contributed by atoms with Crippen molar-refractivity contribution in [3.63, 3.8) is 0 Å². The minimum Gasteiger partial charge on any atom is -0.376 e. The van der Waals surface area contributed by atoms with Gasteiger partial charge in [0.1, 0.15) is 11.4 Å². The molecule has 1 atom stereocenters. The number of carbonyl (C=O) groups is 1. The fraction of sp³-hybridized carbons (Fsp3) is 0.304. The largest absolute Gasteiger partial charge is 0.376 e. The van der Waals surface area contributed by atoms with Crippen LogP contribution in [-0.4, -0.2) is 44.9 Å². The van der Waals surface area contributed by atoms with Crippen LogP contribution < -0.4 is 5.32 Å². The summed E-state index contributed by atoms with van der Waals surface area (Å²) < 4.78 is 8.46. The molecule has 4 aromatic heterocycles. The Hall–Kier alpha value is -3.10. The number of rotatable bonds is 6. The van der Waals surface area contributed by atoms with E-state index in [-0.39, 0.29) is 12.0 Å². The molecule has 1 saturated heterocycles. The van der Waals surface area contributed by atoms with Crippen LogP contribution in [0.2, 0.25) is 0 Å². The van der Waals surface area contributed by atoms with Crippen LogP contribution in [0.1, 0.15) is 34.5 Å². The standard InChI is InChI=1S/C23H23N5O2S/c1-28-8-6-19(27-28)18-5-4-15(13-24-18)11-16-12-21(26-20-7-10-31-22(16)20)23(29)25-14-17-3-2-9-30-17/h4-8,10,12-13,17H,2-3,9,11,14H2,1H3,(H,25,29)/t17-/m0/s1. The van der Waals surface area contributed by atoms with Gasteiger partial charge in [-0.1, -0.05) is 6.07 Å². The van der Waals surface area contributed by atoms with E-state index in [2.05, 4.69) is 26.4 Å². The van der Waals surface area contributed by atoms with Crippen molar-refractivity contribution < 1.29 is 9.53 Å². The maximum Gasteiger partial charge on any atom is 0.270 e. The van der Waals surface area contributed by atoms with Gasteiger partial charge in [-0.15, -0.1) is 11.3 Å². The van der Waals surface area contributed by atoms with E-state index >= 15 is 0 Å². The van der Waals surface area contributed by atoms with E-state index in [1.54, 1.807) is 16.0 Å². The molecule has 158 valence electrons. The van der Waals surface area contributed by atoms with Crippen molar-refractivity contribution >= 4 is 27.5 Å². The number of nitrogens with one attached hydrogen (secondary N) is 1. The Morgan fingerprint density at radius 1 is 1.29 bits per heavy atom. The highest BCUT2D eigenvalue weighted by Gasteiger charge is 2.18. The third-order valence-corrected chi connectivity index (χ3v) is 6.41. The number of amides is 1. The molecule has 0 bridgehead atoms. The molecule has 1 aliphatic heterocycles. The van der Waals surface area contributed by atoms with Crippen LogP contribution in [0.15, 0.2) is 48.1 Å². The Kier molecular flexibility index (Phi) is 5.48. The lowest BCUT2D eigenvalue weighted by molar-refractivity contribution is 0.0854. The molecule has 1 fully saturated rings. The number of hydrogen-bond acceptors (Lipinski definition) is 6. The number of nitrogens with zero attached hydrogens (tertiary/aromatic N) is 4. The normalized spacial score (nSPS) is 16.1. The van der Waals surface area contributed by atoms with Crippen molar-refractivity contribution in [2.24, 2.45) is 7.05 Å². The smallest absolute Gasteiger partial charge is 0.270 e. The quantitative estimate of drug-likeness (QED) is 0.503. The van der Waals surface area contributed by atoms with Crippen molar-refractivity contribution in [3.8, 4) is 11.4 Å². The maximum absolute atomic E-state index is 12.7. The summed E-state index contributed by atoms with van der Waals surface area (Å²) in [5.74, 6) is -0.159. The van der Waals surface area contributed by atoms with Gasteiger partial charge in [0, 0.05) is 39.0 Å². The second-order valence-electron chi connectivity index (χ2n) is 7.75. The lowest BCUT2D eigenvalue weighted by Crippen LogP contribution is -2.32. The van der Waals surface area contributed by atoms with Crippen molar-refractivity contribution in [2.45, 2.75) is 25.4 Å². The first-order chi connectivity index (χ1) is 15.2. The van der Waals surface area contributed by atoms with Gasteiger partial charge >= 0.3 is 0 Å². The van der Waals surface area contributed by atoms with Crippen LogP contribution in [0.25, 0.3) is 21.6 Å². The fourth-order valence-electron chi connectivity index (χ4n) is 3.83. The minimum atomic E-state index is -0.159. The van der Waals surface area contributed by atoms with Crippen molar-refractivity contribution in [1.82, 2.24) is 25.1 Å². The minimum absolute atomic E-state index is 0.108. The van der Waals surface area contributed by atoms with E-state index in [4.69, 9.17) is 4.74 Å². The van der Waals surface area contributed by atoms with E-state index in [1.165, 1.54) is 0 Å². The van der Waals surface area contributed by atoms with E-state index < -0.39 is 0 Å². The first-order valence-electron chi connectivity index (χ1n) is 10.4. The maximum atomic E-state index is 12.7. The van der Waals surface area contributed by atoms with Gasteiger partial charge < -0.3 is 10.1 Å². The molecule has 0 aliphatic carbocycles. The molecular formula is C23H23N5O2S. The molecule has 4 aromatic rings. The zero-order valence-electron chi connectivity index (χ0n) is 17.2. The van der Waals surface area contributed by atoms with Crippen LogP contribution >= 0.6 is 11.3 Å². The van der Waals surface area contributed by atoms with Gasteiger partial charge in [0.05, 0.1) is 22.0 Å². The number of ether oxygens (including phenoxy) is 1. The predicted octanol–water partition coefficient (Wildman–Crippen LogP) is 3.59. The second kappa shape index (κ2) is 8.56. The Balaban J connectivity index is 1.36. The van der Waals surface area contributed by atoms with E-state index in [9.17, 15) is 4.79 Å². The van der Waals surface area contributed by atoms with E-state index in [1.807, 2.05) is 49.1 Å². The number of thiophene rings is 1. The zero-order valence-corrected chi connectivity index (χ0v) is 18.1. The van der Waals surface area contributed by atoms with Gasteiger partial charge in [-0.2, -0.15) is 5.10 Å².